The molecule has 0 radical (unpaired) electrons. The standard InChI is InChI=1S/C20H30N2O4/c1-14(2)26-19-9-15(5-6-18(19)24-4)10-22-8-7-16-12-25-13-20(23)21(3)17(16)11-22/h5-6,9,14,16-17H,7-8,10-13H2,1-4H3/t16-,17-/m0/s1. The molecule has 6 nitrogen and oxygen atoms in total. The van der Waals surface area contributed by atoms with E-state index in [0.29, 0.717) is 12.5 Å². The third-order valence-electron chi connectivity index (χ3n) is 5.25. The smallest absolute Gasteiger partial charge is 0.248 e. The van der Waals surface area contributed by atoms with Crippen LogP contribution >= 0.6 is 0 Å². The lowest BCUT2D eigenvalue weighted by Crippen LogP contribution is -2.52. The lowest BCUT2D eigenvalue weighted by Gasteiger charge is -2.41. The summed E-state index contributed by atoms with van der Waals surface area (Å²) in [5.41, 5.74) is 1.19. The SMILES string of the molecule is COc1ccc(CN2CC[C@H]3COCC(=O)N(C)[C@H]3C2)cc1OC(C)C. The van der Waals surface area contributed by atoms with Crippen LogP contribution in [0.15, 0.2) is 18.2 Å². The Balaban J connectivity index is 1.70. The maximum atomic E-state index is 12.1. The first-order valence-electron chi connectivity index (χ1n) is 9.37. The minimum Gasteiger partial charge on any atom is -0.493 e. The predicted octanol–water partition coefficient (Wildman–Crippen LogP) is 2.16. The largest absolute Gasteiger partial charge is 0.493 e. The van der Waals surface area contributed by atoms with Crippen molar-refractivity contribution in [3.8, 4) is 11.5 Å². The average molecular weight is 362 g/mol. The first kappa shape index (κ1) is 19.0. The minimum atomic E-state index is 0.0800. The summed E-state index contributed by atoms with van der Waals surface area (Å²) < 4.78 is 16.8. The van der Waals surface area contributed by atoms with Crippen molar-refractivity contribution in [2.24, 2.45) is 5.92 Å². The van der Waals surface area contributed by atoms with E-state index in [1.165, 1.54) is 5.56 Å². The second-order valence-corrected chi connectivity index (χ2v) is 7.52. The number of likely N-dealkylation sites (N-methyl/N-ethyl adjacent to an activating group) is 1. The number of likely N-dealkylation sites (tertiary alicyclic amines) is 1. The Morgan fingerprint density at radius 2 is 2.12 bits per heavy atom. The van der Waals surface area contributed by atoms with Crippen molar-refractivity contribution >= 4 is 5.91 Å². The Labute approximate surface area is 156 Å². The fourth-order valence-electron chi connectivity index (χ4n) is 3.83. The third-order valence-corrected chi connectivity index (χ3v) is 5.25. The zero-order chi connectivity index (χ0) is 18.7. The molecule has 2 aliphatic heterocycles. The Bertz CT molecular complexity index is 634. The fraction of sp³-hybridized carbons (Fsp3) is 0.650. The van der Waals surface area contributed by atoms with Gasteiger partial charge in [-0.15, -0.1) is 0 Å². The van der Waals surface area contributed by atoms with Gasteiger partial charge in [-0.2, -0.15) is 0 Å². The summed E-state index contributed by atoms with van der Waals surface area (Å²) >= 11 is 0. The molecule has 2 heterocycles. The van der Waals surface area contributed by atoms with E-state index >= 15 is 0 Å². The summed E-state index contributed by atoms with van der Waals surface area (Å²) in [4.78, 5) is 16.4. The van der Waals surface area contributed by atoms with Crippen LogP contribution in [0.3, 0.4) is 0 Å². The summed E-state index contributed by atoms with van der Waals surface area (Å²) in [7, 11) is 3.56. The van der Waals surface area contributed by atoms with Crippen LogP contribution in [0.4, 0.5) is 0 Å². The van der Waals surface area contributed by atoms with Gasteiger partial charge >= 0.3 is 0 Å². The highest BCUT2D eigenvalue weighted by Gasteiger charge is 2.36. The topological polar surface area (TPSA) is 51.2 Å². The molecule has 2 saturated heterocycles. The average Bonchev–Trinajstić information content (AvgIpc) is 2.74. The summed E-state index contributed by atoms with van der Waals surface area (Å²) in [6.45, 7) is 7.64. The van der Waals surface area contributed by atoms with Crippen LogP contribution in [0.25, 0.3) is 0 Å². The van der Waals surface area contributed by atoms with Crippen LogP contribution in [0.2, 0.25) is 0 Å². The lowest BCUT2D eigenvalue weighted by atomic mass is 9.91. The molecule has 2 atom stereocenters. The quantitative estimate of drug-likeness (QED) is 0.803. The zero-order valence-electron chi connectivity index (χ0n) is 16.2. The van der Waals surface area contributed by atoms with Crippen LogP contribution in [-0.2, 0) is 16.1 Å². The molecule has 1 aromatic carbocycles. The molecule has 0 aromatic heterocycles. The molecule has 2 aliphatic rings. The van der Waals surface area contributed by atoms with Gasteiger partial charge in [-0.25, -0.2) is 0 Å². The van der Waals surface area contributed by atoms with Crippen molar-refractivity contribution in [2.45, 2.75) is 39.0 Å². The Morgan fingerprint density at radius 3 is 2.85 bits per heavy atom. The summed E-state index contributed by atoms with van der Waals surface area (Å²) in [6, 6.07) is 6.34. The molecule has 1 aromatic rings. The van der Waals surface area contributed by atoms with Crippen molar-refractivity contribution in [1.82, 2.24) is 9.80 Å². The van der Waals surface area contributed by atoms with Gasteiger partial charge in [0, 0.05) is 32.1 Å². The van der Waals surface area contributed by atoms with Crippen LogP contribution in [0.1, 0.15) is 25.8 Å². The second-order valence-electron chi connectivity index (χ2n) is 7.52. The van der Waals surface area contributed by atoms with E-state index in [9.17, 15) is 4.79 Å². The molecule has 3 rings (SSSR count). The van der Waals surface area contributed by atoms with Crippen molar-refractivity contribution in [2.75, 3.05) is 40.5 Å². The van der Waals surface area contributed by atoms with Gasteiger partial charge in [0.2, 0.25) is 5.91 Å². The number of carbonyl (C=O) groups excluding carboxylic acids is 1. The number of nitrogens with zero attached hydrogens (tertiary/aromatic N) is 2. The van der Waals surface area contributed by atoms with Crippen LogP contribution in [0.5, 0.6) is 11.5 Å². The second kappa shape index (κ2) is 8.27. The Kier molecular flexibility index (Phi) is 6.04. The molecule has 0 spiro atoms. The van der Waals surface area contributed by atoms with E-state index in [-0.39, 0.29) is 24.7 Å². The van der Waals surface area contributed by atoms with Crippen molar-refractivity contribution in [3.05, 3.63) is 23.8 Å². The van der Waals surface area contributed by atoms with Gasteiger partial charge in [0.1, 0.15) is 6.61 Å². The number of amides is 1. The molecule has 26 heavy (non-hydrogen) atoms. The number of ether oxygens (including phenoxy) is 3. The van der Waals surface area contributed by atoms with Gasteiger partial charge in [0.15, 0.2) is 11.5 Å². The number of hydrogen-bond donors (Lipinski definition) is 0. The number of fused-ring (bicyclic) bond motifs is 1. The number of methoxy groups -OCH3 is 1. The zero-order valence-corrected chi connectivity index (χ0v) is 16.2. The molecule has 0 aliphatic carbocycles. The van der Waals surface area contributed by atoms with Gasteiger partial charge in [-0.3, -0.25) is 9.69 Å². The van der Waals surface area contributed by atoms with E-state index in [4.69, 9.17) is 14.2 Å². The first-order chi connectivity index (χ1) is 12.5. The molecule has 144 valence electrons. The van der Waals surface area contributed by atoms with E-state index < -0.39 is 0 Å². The summed E-state index contributed by atoms with van der Waals surface area (Å²) in [5, 5.41) is 0. The Morgan fingerprint density at radius 1 is 1.31 bits per heavy atom. The maximum Gasteiger partial charge on any atom is 0.248 e. The molecular weight excluding hydrogens is 332 g/mol. The van der Waals surface area contributed by atoms with Crippen molar-refractivity contribution in [1.29, 1.82) is 0 Å². The highest BCUT2D eigenvalue weighted by molar-refractivity contribution is 5.77. The van der Waals surface area contributed by atoms with Gasteiger partial charge in [-0.05, 0) is 44.5 Å². The molecule has 0 unspecified atom stereocenters. The van der Waals surface area contributed by atoms with Gasteiger partial charge in [0.05, 0.1) is 19.8 Å². The monoisotopic (exact) mass is 362 g/mol. The number of piperidine rings is 1. The first-order valence-corrected chi connectivity index (χ1v) is 9.37. The van der Waals surface area contributed by atoms with Crippen LogP contribution in [0, 0.1) is 5.92 Å². The van der Waals surface area contributed by atoms with Crippen molar-refractivity contribution < 1.29 is 19.0 Å². The van der Waals surface area contributed by atoms with Gasteiger partial charge < -0.3 is 19.1 Å². The Hall–Kier alpha value is -1.79. The highest BCUT2D eigenvalue weighted by atomic mass is 16.5. The summed E-state index contributed by atoms with van der Waals surface area (Å²) in [6.07, 6.45) is 1.15. The number of carbonyl (C=O) groups is 1. The number of rotatable bonds is 5. The molecule has 0 saturated carbocycles. The fourth-order valence-corrected chi connectivity index (χ4v) is 3.83. The number of hydrogen-bond acceptors (Lipinski definition) is 5. The predicted molar refractivity (Wildman–Crippen MR) is 99.5 cm³/mol. The van der Waals surface area contributed by atoms with E-state index in [1.807, 2.05) is 31.9 Å². The highest BCUT2D eigenvalue weighted by Crippen LogP contribution is 2.31. The van der Waals surface area contributed by atoms with Gasteiger partial charge in [0.25, 0.3) is 0 Å². The number of benzene rings is 1. The van der Waals surface area contributed by atoms with E-state index in [0.717, 1.165) is 37.6 Å². The molecule has 2 fully saturated rings. The molecule has 0 N–H and O–H groups in total. The summed E-state index contributed by atoms with van der Waals surface area (Å²) in [5.74, 6) is 2.05. The molecule has 6 heteroatoms. The van der Waals surface area contributed by atoms with Crippen LogP contribution in [-0.4, -0.2) is 68.3 Å². The normalized spacial score (nSPS) is 24.3. The molecule has 1 amide bonds. The molecule has 0 bridgehead atoms. The van der Waals surface area contributed by atoms with Crippen LogP contribution < -0.4 is 9.47 Å². The third kappa shape index (κ3) is 4.30. The van der Waals surface area contributed by atoms with Gasteiger partial charge in [-0.1, -0.05) is 6.07 Å². The van der Waals surface area contributed by atoms with E-state index in [1.54, 1.807) is 7.11 Å². The van der Waals surface area contributed by atoms with E-state index in [2.05, 4.69) is 17.0 Å². The minimum absolute atomic E-state index is 0.0800. The van der Waals surface area contributed by atoms with Crippen molar-refractivity contribution in [3.63, 3.8) is 0 Å². The maximum absolute atomic E-state index is 12.1. The lowest BCUT2D eigenvalue weighted by molar-refractivity contribution is -0.134. The molecular formula is C20H30N2O4.